The van der Waals surface area contributed by atoms with Crippen molar-refractivity contribution in [2.75, 3.05) is 11.5 Å². The molecule has 2 heterocycles. The highest BCUT2D eigenvalue weighted by Crippen LogP contribution is 2.24. The van der Waals surface area contributed by atoms with Crippen LogP contribution in [-0.2, 0) is 16.4 Å². The van der Waals surface area contributed by atoms with Gasteiger partial charge in [-0.3, -0.25) is 9.59 Å². The summed E-state index contributed by atoms with van der Waals surface area (Å²) >= 11 is 6.07. The molecule has 3 aromatic rings. The van der Waals surface area contributed by atoms with E-state index >= 15 is 0 Å². The quantitative estimate of drug-likeness (QED) is 0.612. The Morgan fingerprint density at radius 1 is 1.20 bits per heavy atom. The highest BCUT2D eigenvalue weighted by molar-refractivity contribution is 7.91. The first kappa shape index (κ1) is 20.6. The fourth-order valence-corrected chi connectivity index (χ4v) is 5.67. The summed E-state index contributed by atoms with van der Waals surface area (Å²) in [5, 5.41) is 0.911. The predicted octanol–water partition coefficient (Wildman–Crippen LogP) is 3.58. The summed E-state index contributed by atoms with van der Waals surface area (Å²) < 4.78 is 29.9. The Kier molecular flexibility index (Phi) is 5.42. The standard InChI is InChI=1S/C22H20ClNO5S/c1-14-5-6-18-19(25)11-21(29-20(18)9-14)22(26)24(17-7-8-30(27,28)13-17)12-15-3-2-4-16(23)10-15/h2-6,9-11,17H,7-8,12-13H2,1H3. The lowest BCUT2D eigenvalue weighted by atomic mass is 10.1. The second-order valence-corrected chi connectivity index (χ2v) is 10.3. The lowest BCUT2D eigenvalue weighted by Crippen LogP contribution is -2.40. The van der Waals surface area contributed by atoms with Gasteiger partial charge in [-0.1, -0.05) is 29.8 Å². The smallest absolute Gasteiger partial charge is 0.290 e. The van der Waals surface area contributed by atoms with Crippen molar-refractivity contribution in [3.05, 3.63) is 80.7 Å². The van der Waals surface area contributed by atoms with Crippen molar-refractivity contribution in [2.24, 2.45) is 0 Å². The third kappa shape index (κ3) is 4.27. The molecule has 0 radical (unpaired) electrons. The van der Waals surface area contributed by atoms with E-state index in [1.165, 1.54) is 11.0 Å². The molecule has 1 fully saturated rings. The third-order valence-corrected chi connectivity index (χ3v) is 7.23. The summed E-state index contributed by atoms with van der Waals surface area (Å²) in [6, 6.07) is 12.9. The van der Waals surface area contributed by atoms with Gasteiger partial charge in [-0.15, -0.1) is 0 Å². The normalized spacial score (nSPS) is 17.9. The van der Waals surface area contributed by atoms with Crippen LogP contribution in [0.3, 0.4) is 0 Å². The summed E-state index contributed by atoms with van der Waals surface area (Å²) in [5.41, 5.74) is 1.67. The molecule has 0 N–H and O–H groups in total. The fraction of sp³-hybridized carbons (Fsp3) is 0.273. The molecule has 0 spiro atoms. The van der Waals surface area contributed by atoms with Crippen LogP contribution in [0.15, 0.2) is 57.7 Å². The van der Waals surface area contributed by atoms with E-state index in [9.17, 15) is 18.0 Å². The maximum Gasteiger partial charge on any atom is 0.290 e. The number of hydrogen-bond acceptors (Lipinski definition) is 5. The summed E-state index contributed by atoms with van der Waals surface area (Å²) in [5.74, 6) is -0.712. The number of carbonyl (C=O) groups excluding carboxylic acids is 1. The van der Waals surface area contributed by atoms with Gasteiger partial charge in [0.15, 0.2) is 21.0 Å². The molecule has 30 heavy (non-hydrogen) atoms. The first-order chi connectivity index (χ1) is 14.2. The minimum absolute atomic E-state index is 0.0257. The zero-order valence-electron chi connectivity index (χ0n) is 16.3. The fourth-order valence-electron chi connectivity index (χ4n) is 3.73. The lowest BCUT2D eigenvalue weighted by Gasteiger charge is -2.28. The number of carbonyl (C=O) groups is 1. The van der Waals surface area contributed by atoms with Crippen LogP contribution >= 0.6 is 11.6 Å². The van der Waals surface area contributed by atoms with E-state index < -0.39 is 21.8 Å². The Morgan fingerprint density at radius 3 is 2.70 bits per heavy atom. The second kappa shape index (κ2) is 7.89. The van der Waals surface area contributed by atoms with Crippen molar-refractivity contribution in [1.82, 2.24) is 4.90 Å². The number of benzene rings is 2. The van der Waals surface area contributed by atoms with E-state index in [2.05, 4.69) is 0 Å². The predicted molar refractivity (Wildman–Crippen MR) is 116 cm³/mol. The maximum atomic E-state index is 13.4. The maximum absolute atomic E-state index is 13.4. The topological polar surface area (TPSA) is 84.7 Å². The van der Waals surface area contributed by atoms with Gasteiger partial charge >= 0.3 is 0 Å². The molecule has 4 rings (SSSR count). The van der Waals surface area contributed by atoms with E-state index in [1.54, 1.807) is 36.4 Å². The van der Waals surface area contributed by atoms with E-state index in [1.807, 2.05) is 13.0 Å². The van der Waals surface area contributed by atoms with Gasteiger partial charge in [-0.2, -0.15) is 0 Å². The average molecular weight is 446 g/mol. The second-order valence-electron chi connectivity index (χ2n) is 7.59. The van der Waals surface area contributed by atoms with Crippen molar-refractivity contribution < 1.29 is 17.6 Å². The van der Waals surface area contributed by atoms with Gasteiger partial charge in [0.25, 0.3) is 5.91 Å². The molecule has 1 unspecified atom stereocenters. The molecule has 156 valence electrons. The molecule has 1 aromatic heterocycles. The van der Waals surface area contributed by atoms with Gasteiger partial charge < -0.3 is 9.32 Å². The molecule has 1 amide bonds. The monoisotopic (exact) mass is 445 g/mol. The van der Waals surface area contributed by atoms with Crippen molar-refractivity contribution in [3.8, 4) is 0 Å². The van der Waals surface area contributed by atoms with Crippen LogP contribution in [0.1, 0.15) is 28.1 Å². The highest BCUT2D eigenvalue weighted by atomic mass is 35.5. The Hall–Kier alpha value is -2.64. The molecule has 1 aliphatic heterocycles. The molecule has 1 aliphatic rings. The number of sulfone groups is 1. The molecule has 0 aliphatic carbocycles. The number of fused-ring (bicyclic) bond motifs is 1. The minimum atomic E-state index is -3.22. The van der Waals surface area contributed by atoms with E-state index in [0.29, 0.717) is 22.4 Å². The number of rotatable bonds is 4. The molecule has 8 heteroatoms. The average Bonchev–Trinajstić information content (AvgIpc) is 3.04. The van der Waals surface area contributed by atoms with Gasteiger partial charge in [-0.05, 0) is 48.7 Å². The number of nitrogens with zero attached hydrogens (tertiary/aromatic N) is 1. The van der Waals surface area contributed by atoms with Gasteiger partial charge in [0.1, 0.15) is 5.58 Å². The number of halogens is 1. The van der Waals surface area contributed by atoms with Gasteiger partial charge in [-0.25, -0.2) is 8.42 Å². The molecule has 1 atom stereocenters. The van der Waals surface area contributed by atoms with Gasteiger partial charge in [0.05, 0.1) is 16.9 Å². The van der Waals surface area contributed by atoms with E-state index in [0.717, 1.165) is 11.1 Å². The summed E-state index contributed by atoms with van der Waals surface area (Å²) in [7, 11) is -3.22. The Balaban J connectivity index is 1.75. The van der Waals surface area contributed by atoms with Crippen molar-refractivity contribution in [2.45, 2.75) is 25.9 Å². The van der Waals surface area contributed by atoms with Gasteiger partial charge in [0.2, 0.25) is 0 Å². The largest absolute Gasteiger partial charge is 0.451 e. The van der Waals surface area contributed by atoms with Crippen LogP contribution in [0, 0.1) is 6.92 Å². The Morgan fingerprint density at radius 2 is 2.00 bits per heavy atom. The summed E-state index contributed by atoms with van der Waals surface area (Å²) in [4.78, 5) is 27.4. The molecular formula is C22H20ClNO5S. The Bertz CT molecular complexity index is 1300. The van der Waals surface area contributed by atoms with Crippen LogP contribution in [-0.4, -0.2) is 36.8 Å². The molecule has 6 nitrogen and oxygen atoms in total. The van der Waals surface area contributed by atoms with Crippen LogP contribution in [0.2, 0.25) is 5.02 Å². The third-order valence-electron chi connectivity index (χ3n) is 5.25. The zero-order valence-corrected chi connectivity index (χ0v) is 17.9. The molecular weight excluding hydrogens is 426 g/mol. The zero-order chi connectivity index (χ0) is 21.5. The van der Waals surface area contributed by atoms with Gasteiger partial charge in [0, 0.05) is 23.7 Å². The van der Waals surface area contributed by atoms with Crippen LogP contribution in [0.4, 0.5) is 0 Å². The highest BCUT2D eigenvalue weighted by Gasteiger charge is 2.36. The number of hydrogen-bond donors (Lipinski definition) is 0. The van der Waals surface area contributed by atoms with Crippen LogP contribution < -0.4 is 5.43 Å². The van der Waals surface area contributed by atoms with Crippen molar-refractivity contribution >= 4 is 38.3 Å². The summed E-state index contributed by atoms with van der Waals surface area (Å²) in [6.07, 6.45) is 0.339. The van der Waals surface area contributed by atoms with E-state index in [-0.39, 0.29) is 29.2 Å². The minimum Gasteiger partial charge on any atom is -0.451 e. The Labute approximate surface area is 179 Å². The number of amides is 1. The number of aryl methyl sites for hydroxylation is 1. The molecule has 2 aromatic carbocycles. The molecule has 0 bridgehead atoms. The molecule has 0 saturated carbocycles. The lowest BCUT2D eigenvalue weighted by molar-refractivity contribution is 0.0648. The summed E-state index contributed by atoms with van der Waals surface area (Å²) in [6.45, 7) is 2.03. The van der Waals surface area contributed by atoms with Crippen LogP contribution in [0.5, 0.6) is 0 Å². The van der Waals surface area contributed by atoms with Crippen molar-refractivity contribution in [1.29, 1.82) is 0 Å². The molecule has 1 saturated heterocycles. The SMILES string of the molecule is Cc1ccc2c(=O)cc(C(=O)N(Cc3cccc(Cl)c3)C3CCS(=O)(=O)C3)oc2c1. The van der Waals surface area contributed by atoms with E-state index in [4.69, 9.17) is 16.0 Å². The van der Waals surface area contributed by atoms with Crippen LogP contribution in [0.25, 0.3) is 11.0 Å². The first-order valence-corrected chi connectivity index (χ1v) is 11.7. The van der Waals surface area contributed by atoms with Crippen molar-refractivity contribution in [3.63, 3.8) is 0 Å². The first-order valence-electron chi connectivity index (χ1n) is 9.52.